The molecule has 6 heteroatoms. The second-order valence-corrected chi connectivity index (χ2v) is 4.79. The molecule has 0 radical (unpaired) electrons. The van der Waals surface area contributed by atoms with Crippen LogP contribution in [0, 0.1) is 5.82 Å². The van der Waals surface area contributed by atoms with Crippen molar-refractivity contribution < 1.29 is 14.3 Å². The van der Waals surface area contributed by atoms with Gasteiger partial charge in [-0.15, -0.1) is 0 Å². The molecule has 0 saturated heterocycles. The Bertz CT molecular complexity index is 617. The second-order valence-electron chi connectivity index (χ2n) is 4.39. The van der Waals surface area contributed by atoms with E-state index in [1.165, 1.54) is 29.1 Å². The summed E-state index contributed by atoms with van der Waals surface area (Å²) in [4.78, 5) is 11.2. The van der Waals surface area contributed by atoms with E-state index in [0.717, 1.165) is 0 Å². The summed E-state index contributed by atoms with van der Waals surface area (Å²) in [7, 11) is 0. The van der Waals surface area contributed by atoms with E-state index in [1.807, 2.05) is 13.8 Å². The van der Waals surface area contributed by atoms with Crippen molar-refractivity contribution in [3.63, 3.8) is 0 Å². The van der Waals surface area contributed by atoms with Crippen molar-refractivity contribution in [2.75, 3.05) is 0 Å². The predicted octanol–water partition coefficient (Wildman–Crippen LogP) is 3.49. The lowest BCUT2D eigenvalue weighted by Crippen LogP contribution is -2.10. The maximum atomic E-state index is 13.9. The second kappa shape index (κ2) is 5.01. The van der Waals surface area contributed by atoms with Crippen LogP contribution in [0.3, 0.4) is 0 Å². The van der Waals surface area contributed by atoms with Crippen molar-refractivity contribution in [2.45, 2.75) is 19.8 Å². The van der Waals surface area contributed by atoms with E-state index in [-0.39, 0.29) is 22.2 Å². The average Bonchev–Trinajstić information content (AvgIpc) is 2.73. The highest BCUT2D eigenvalue weighted by Crippen LogP contribution is 2.28. The Morgan fingerprint density at radius 3 is 2.68 bits per heavy atom. The number of carbonyl (C=O) groups is 1. The first-order valence-corrected chi connectivity index (χ1v) is 6.07. The predicted molar refractivity (Wildman–Crippen MR) is 69.6 cm³/mol. The van der Waals surface area contributed by atoms with Gasteiger partial charge in [0.25, 0.3) is 0 Å². The molecule has 100 valence electrons. The Labute approximate surface area is 114 Å². The smallest absolute Gasteiger partial charge is 0.339 e. The Hall–Kier alpha value is -1.88. The van der Waals surface area contributed by atoms with E-state index in [4.69, 9.17) is 16.7 Å². The maximum Gasteiger partial charge on any atom is 0.339 e. The van der Waals surface area contributed by atoms with Crippen LogP contribution in [0.5, 0.6) is 0 Å². The SMILES string of the molecule is CC(C)c1c(C(=O)O)cnn1-c1c(F)cccc1Cl. The topological polar surface area (TPSA) is 55.1 Å². The number of aromatic nitrogens is 2. The van der Waals surface area contributed by atoms with E-state index in [0.29, 0.717) is 5.69 Å². The molecule has 0 bridgehead atoms. The molecule has 1 heterocycles. The van der Waals surface area contributed by atoms with Gasteiger partial charge in [-0.25, -0.2) is 13.9 Å². The number of benzene rings is 1. The molecule has 0 aliphatic heterocycles. The first-order valence-electron chi connectivity index (χ1n) is 5.69. The summed E-state index contributed by atoms with van der Waals surface area (Å²) in [5, 5.41) is 13.3. The van der Waals surface area contributed by atoms with Gasteiger partial charge in [-0.05, 0) is 18.1 Å². The van der Waals surface area contributed by atoms with Crippen molar-refractivity contribution in [3.8, 4) is 5.69 Å². The average molecular weight is 283 g/mol. The minimum absolute atomic E-state index is 0.0503. The molecule has 0 unspecified atom stereocenters. The van der Waals surface area contributed by atoms with Crippen LogP contribution in [0.25, 0.3) is 5.69 Å². The van der Waals surface area contributed by atoms with Crippen LogP contribution < -0.4 is 0 Å². The number of rotatable bonds is 3. The van der Waals surface area contributed by atoms with Gasteiger partial charge in [-0.3, -0.25) is 0 Å². The third-order valence-corrected chi connectivity index (χ3v) is 3.04. The van der Waals surface area contributed by atoms with Gasteiger partial charge in [0.1, 0.15) is 17.1 Å². The van der Waals surface area contributed by atoms with Crippen molar-refractivity contribution in [3.05, 3.63) is 46.5 Å². The molecule has 4 nitrogen and oxygen atoms in total. The number of carboxylic acids is 1. The summed E-state index contributed by atoms with van der Waals surface area (Å²) in [6, 6.07) is 4.28. The van der Waals surface area contributed by atoms with Crippen LogP contribution in [0.2, 0.25) is 5.02 Å². The van der Waals surface area contributed by atoms with Crippen molar-refractivity contribution in [1.82, 2.24) is 9.78 Å². The van der Waals surface area contributed by atoms with Crippen LogP contribution in [0.4, 0.5) is 4.39 Å². The zero-order valence-corrected chi connectivity index (χ0v) is 11.1. The highest BCUT2D eigenvalue weighted by molar-refractivity contribution is 6.32. The van der Waals surface area contributed by atoms with E-state index in [1.54, 1.807) is 0 Å². The number of nitrogens with zero attached hydrogens (tertiary/aromatic N) is 2. The minimum atomic E-state index is -1.09. The lowest BCUT2D eigenvalue weighted by Gasteiger charge is -2.13. The fourth-order valence-electron chi connectivity index (χ4n) is 1.95. The van der Waals surface area contributed by atoms with Crippen molar-refractivity contribution in [2.24, 2.45) is 0 Å². The zero-order valence-electron chi connectivity index (χ0n) is 10.4. The highest BCUT2D eigenvalue weighted by Gasteiger charge is 2.22. The van der Waals surface area contributed by atoms with E-state index in [2.05, 4.69) is 5.10 Å². The Balaban J connectivity index is 2.73. The number of halogens is 2. The number of hydrogen-bond acceptors (Lipinski definition) is 2. The molecule has 0 saturated carbocycles. The molecule has 2 aromatic rings. The van der Waals surface area contributed by atoms with Gasteiger partial charge in [-0.1, -0.05) is 31.5 Å². The molecule has 19 heavy (non-hydrogen) atoms. The Morgan fingerprint density at radius 2 is 2.16 bits per heavy atom. The third-order valence-electron chi connectivity index (χ3n) is 2.73. The number of aromatic carboxylic acids is 1. The molecule has 0 spiro atoms. The molecule has 1 aromatic heterocycles. The summed E-state index contributed by atoms with van der Waals surface area (Å²) in [5.41, 5.74) is 0.536. The maximum absolute atomic E-state index is 13.9. The fraction of sp³-hybridized carbons (Fsp3) is 0.231. The summed E-state index contributed by atoms with van der Waals surface area (Å²) in [5.74, 6) is -1.78. The summed E-state index contributed by atoms with van der Waals surface area (Å²) in [6.07, 6.45) is 1.21. The molecule has 0 aliphatic rings. The lowest BCUT2D eigenvalue weighted by molar-refractivity contribution is 0.0695. The molecule has 0 atom stereocenters. The minimum Gasteiger partial charge on any atom is -0.478 e. The molecule has 2 rings (SSSR count). The van der Waals surface area contributed by atoms with Gasteiger partial charge < -0.3 is 5.11 Å². The Kier molecular flexibility index (Phi) is 3.57. The zero-order chi connectivity index (χ0) is 14.2. The van der Waals surface area contributed by atoms with Gasteiger partial charge >= 0.3 is 5.97 Å². The van der Waals surface area contributed by atoms with Gasteiger partial charge in [0, 0.05) is 0 Å². The van der Waals surface area contributed by atoms with E-state index < -0.39 is 11.8 Å². The molecular weight excluding hydrogens is 271 g/mol. The lowest BCUT2D eigenvalue weighted by atomic mass is 10.1. The Morgan fingerprint density at radius 1 is 1.47 bits per heavy atom. The van der Waals surface area contributed by atoms with Crippen LogP contribution in [0.15, 0.2) is 24.4 Å². The van der Waals surface area contributed by atoms with E-state index >= 15 is 0 Å². The fourth-order valence-corrected chi connectivity index (χ4v) is 2.19. The quantitative estimate of drug-likeness (QED) is 0.937. The molecule has 1 aromatic carbocycles. The van der Waals surface area contributed by atoms with Gasteiger partial charge in [0.2, 0.25) is 0 Å². The van der Waals surface area contributed by atoms with Crippen LogP contribution >= 0.6 is 11.6 Å². The monoisotopic (exact) mass is 282 g/mol. The first kappa shape index (κ1) is 13.5. The normalized spacial score (nSPS) is 11.0. The molecule has 0 fully saturated rings. The number of hydrogen-bond donors (Lipinski definition) is 1. The molecule has 0 aliphatic carbocycles. The molecule has 1 N–H and O–H groups in total. The summed E-state index contributed by atoms with van der Waals surface area (Å²) in [6.45, 7) is 3.63. The van der Waals surface area contributed by atoms with Crippen LogP contribution in [0.1, 0.15) is 35.8 Å². The highest BCUT2D eigenvalue weighted by atomic mass is 35.5. The first-order chi connectivity index (χ1) is 8.93. The van der Waals surface area contributed by atoms with Crippen LogP contribution in [-0.4, -0.2) is 20.9 Å². The van der Waals surface area contributed by atoms with Crippen molar-refractivity contribution >= 4 is 17.6 Å². The number of carboxylic acid groups (broad SMARTS) is 1. The standard InChI is InChI=1S/C13H12ClFN2O2/c1-7(2)11-8(13(18)19)6-16-17(11)12-9(14)4-3-5-10(12)15/h3-7H,1-2H3,(H,18,19). The van der Waals surface area contributed by atoms with Crippen molar-refractivity contribution in [1.29, 1.82) is 0 Å². The van der Waals surface area contributed by atoms with Crippen LogP contribution in [-0.2, 0) is 0 Å². The van der Waals surface area contributed by atoms with Gasteiger partial charge in [0.15, 0.2) is 0 Å². The third kappa shape index (κ3) is 2.33. The number of para-hydroxylation sites is 1. The summed E-state index contributed by atoms with van der Waals surface area (Å²) >= 11 is 5.98. The van der Waals surface area contributed by atoms with Gasteiger partial charge in [-0.2, -0.15) is 5.10 Å². The molecular formula is C13H12ClFN2O2. The largest absolute Gasteiger partial charge is 0.478 e. The molecule has 0 amide bonds. The van der Waals surface area contributed by atoms with E-state index in [9.17, 15) is 9.18 Å². The van der Waals surface area contributed by atoms with Gasteiger partial charge in [0.05, 0.1) is 16.9 Å². The summed E-state index contributed by atoms with van der Waals surface area (Å²) < 4.78 is 15.2.